The Morgan fingerprint density at radius 2 is 1.83 bits per heavy atom. The lowest BCUT2D eigenvalue weighted by Gasteiger charge is -2.33. The second-order valence-electron chi connectivity index (χ2n) is 6.81. The Morgan fingerprint density at radius 1 is 1.10 bits per heavy atom. The van der Waals surface area contributed by atoms with Crippen molar-refractivity contribution in [2.24, 2.45) is 10.1 Å². The zero-order valence-corrected chi connectivity index (χ0v) is 17.8. The Kier molecular flexibility index (Phi) is 4.60. The van der Waals surface area contributed by atoms with Gasteiger partial charge in [0.05, 0.1) is 22.3 Å². The first-order chi connectivity index (χ1) is 14.6. The molecule has 2 aromatic carbocycles. The molecule has 0 unspecified atom stereocenters. The molecule has 0 fully saturated rings. The minimum atomic E-state index is -0.604. The lowest BCUT2D eigenvalue weighted by atomic mass is 10.1. The maximum Gasteiger partial charge on any atom is 0.276 e. The molecule has 0 radical (unpaired) electrons. The maximum absolute atomic E-state index is 13.0. The highest BCUT2D eigenvalue weighted by atomic mass is 35.5. The van der Waals surface area contributed by atoms with Crippen LogP contribution in [-0.4, -0.2) is 32.1 Å². The SMILES string of the molecule is CSC1=NN2C(=c3ccccc3=N[C@@H]2c2c(C)nn(-c3ccccc3)c2Cl)C(=O)N1. The smallest absolute Gasteiger partial charge is 0.276 e. The van der Waals surface area contributed by atoms with Gasteiger partial charge in [-0.15, -0.1) is 5.10 Å². The maximum atomic E-state index is 13.0. The molecule has 1 amide bonds. The number of hydrogen-bond acceptors (Lipinski definition) is 6. The summed E-state index contributed by atoms with van der Waals surface area (Å²) in [6.07, 6.45) is 1.26. The van der Waals surface area contributed by atoms with Crippen molar-refractivity contribution >= 4 is 40.1 Å². The molecular weight excluding hydrogens is 420 g/mol. The molecule has 2 aliphatic rings. The number of aryl methyl sites for hydroxylation is 1. The summed E-state index contributed by atoms with van der Waals surface area (Å²) in [5.41, 5.74) is 2.74. The number of nitrogens with one attached hydrogen (secondary N) is 1. The molecule has 0 saturated heterocycles. The first-order valence-electron chi connectivity index (χ1n) is 9.29. The van der Waals surface area contributed by atoms with E-state index in [1.54, 1.807) is 9.69 Å². The van der Waals surface area contributed by atoms with Gasteiger partial charge in [0.15, 0.2) is 11.3 Å². The van der Waals surface area contributed by atoms with Crippen molar-refractivity contribution in [1.29, 1.82) is 0 Å². The highest BCUT2D eigenvalue weighted by Crippen LogP contribution is 2.37. The Balaban J connectivity index is 1.75. The molecule has 0 bridgehead atoms. The molecule has 3 aromatic rings. The number of thioether (sulfide) groups is 1. The minimum absolute atomic E-state index is 0.217. The number of hydrogen-bond donors (Lipinski definition) is 1. The Morgan fingerprint density at radius 3 is 2.60 bits per heavy atom. The van der Waals surface area contributed by atoms with Crippen LogP contribution >= 0.6 is 23.4 Å². The van der Waals surface area contributed by atoms with E-state index in [2.05, 4.69) is 15.5 Å². The monoisotopic (exact) mass is 436 g/mol. The van der Waals surface area contributed by atoms with E-state index >= 15 is 0 Å². The fraction of sp³-hybridized carbons (Fsp3) is 0.143. The number of carbonyl (C=O) groups excluding carboxylic acids is 1. The van der Waals surface area contributed by atoms with E-state index in [-0.39, 0.29) is 5.91 Å². The molecular formula is C21H17ClN6OS. The molecule has 3 heterocycles. The van der Waals surface area contributed by atoms with Gasteiger partial charge in [0.25, 0.3) is 5.91 Å². The number of nitrogens with zero attached hydrogens (tertiary/aromatic N) is 5. The van der Waals surface area contributed by atoms with E-state index in [4.69, 9.17) is 16.6 Å². The Bertz CT molecular complexity index is 1320. The van der Waals surface area contributed by atoms with E-state index in [1.807, 2.05) is 67.8 Å². The van der Waals surface area contributed by atoms with E-state index in [1.165, 1.54) is 11.8 Å². The molecule has 150 valence electrons. The standard InChI is InChI=1S/C21H17ClN6OS/c1-12-16(18(22)27(25-12)13-8-4-3-5-9-13)19-23-15-11-7-6-10-14(15)17-20(29)24-21(30-2)26-28(17)19/h3-11,19H,1-2H3,(H,24,26,29)/t19-/m0/s1. The first kappa shape index (κ1) is 18.9. The number of benzene rings is 2. The number of halogens is 1. The van der Waals surface area contributed by atoms with Gasteiger partial charge in [-0.2, -0.15) is 5.10 Å². The Labute approximate surface area is 181 Å². The van der Waals surface area contributed by atoms with Gasteiger partial charge in [-0.1, -0.05) is 59.8 Å². The van der Waals surface area contributed by atoms with Crippen LogP contribution in [0.3, 0.4) is 0 Å². The van der Waals surface area contributed by atoms with Gasteiger partial charge < -0.3 is 0 Å². The lowest BCUT2D eigenvalue weighted by Crippen LogP contribution is -2.50. The van der Waals surface area contributed by atoms with Crippen molar-refractivity contribution in [2.75, 3.05) is 6.26 Å². The quantitative estimate of drug-likeness (QED) is 0.669. The summed E-state index contributed by atoms with van der Waals surface area (Å²) in [6, 6.07) is 17.2. The van der Waals surface area contributed by atoms with Crippen LogP contribution in [0.15, 0.2) is 64.7 Å². The van der Waals surface area contributed by atoms with Gasteiger partial charge in [0, 0.05) is 5.22 Å². The van der Waals surface area contributed by atoms with E-state index < -0.39 is 6.17 Å². The second kappa shape index (κ2) is 7.30. The third-order valence-corrected chi connectivity index (χ3v) is 5.95. The van der Waals surface area contributed by atoms with Crippen LogP contribution in [0.4, 0.5) is 0 Å². The Hall–Kier alpha value is -3.10. The average Bonchev–Trinajstić information content (AvgIpc) is 3.07. The number of carbonyl (C=O) groups is 1. The minimum Gasteiger partial charge on any atom is -0.298 e. The molecule has 0 aliphatic carbocycles. The number of rotatable bonds is 2. The molecule has 0 saturated carbocycles. The number of fused-ring (bicyclic) bond motifs is 2. The number of para-hydroxylation sites is 2. The number of amides is 1. The van der Waals surface area contributed by atoms with Crippen molar-refractivity contribution in [3.8, 4) is 5.69 Å². The molecule has 5 rings (SSSR count). The normalized spacial score (nSPS) is 17.6. The van der Waals surface area contributed by atoms with Gasteiger partial charge in [-0.05, 0) is 31.4 Å². The zero-order valence-electron chi connectivity index (χ0n) is 16.2. The lowest BCUT2D eigenvalue weighted by molar-refractivity contribution is -0.116. The van der Waals surface area contributed by atoms with Crippen LogP contribution in [0.5, 0.6) is 0 Å². The van der Waals surface area contributed by atoms with Crippen molar-refractivity contribution in [1.82, 2.24) is 20.1 Å². The van der Waals surface area contributed by atoms with Crippen LogP contribution in [-0.2, 0) is 4.79 Å². The van der Waals surface area contributed by atoms with E-state index in [0.29, 0.717) is 21.6 Å². The highest BCUT2D eigenvalue weighted by molar-refractivity contribution is 8.13. The zero-order chi connectivity index (χ0) is 20.8. The van der Waals surface area contributed by atoms with Crippen LogP contribution in [0.2, 0.25) is 5.15 Å². The van der Waals surface area contributed by atoms with Crippen molar-refractivity contribution in [2.45, 2.75) is 13.1 Å². The molecule has 0 spiro atoms. The molecule has 1 atom stereocenters. The molecule has 7 nitrogen and oxygen atoms in total. The van der Waals surface area contributed by atoms with E-state index in [0.717, 1.165) is 22.0 Å². The number of amidine groups is 1. The third kappa shape index (κ3) is 2.91. The summed E-state index contributed by atoms with van der Waals surface area (Å²) in [5, 5.41) is 16.2. The summed E-state index contributed by atoms with van der Waals surface area (Å²) in [4.78, 5) is 17.9. The summed E-state index contributed by atoms with van der Waals surface area (Å²) < 4.78 is 1.69. The second-order valence-corrected chi connectivity index (χ2v) is 7.97. The summed E-state index contributed by atoms with van der Waals surface area (Å²) in [7, 11) is 0. The fourth-order valence-electron chi connectivity index (χ4n) is 3.65. The molecule has 30 heavy (non-hydrogen) atoms. The van der Waals surface area contributed by atoms with Gasteiger partial charge >= 0.3 is 0 Å². The number of aromatic nitrogens is 2. The fourth-order valence-corrected chi connectivity index (χ4v) is 4.39. The highest BCUT2D eigenvalue weighted by Gasteiger charge is 2.37. The van der Waals surface area contributed by atoms with Gasteiger partial charge in [-0.3, -0.25) is 15.1 Å². The van der Waals surface area contributed by atoms with Crippen molar-refractivity contribution in [3.63, 3.8) is 0 Å². The topological polar surface area (TPSA) is 74.9 Å². The largest absolute Gasteiger partial charge is 0.298 e. The predicted octanol–water partition coefficient (Wildman–Crippen LogP) is 2.34. The summed E-state index contributed by atoms with van der Waals surface area (Å²) in [5.74, 6) is -0.217. The van der Waals surface area contributed by atoms with Gasteiger partial charge in [-0.25, -0.2) is 9.69 Å². The van der Waals surface area contributed by atoms with Crippen LogP contribution in [0.25, 0.3) is 11.4 Å². The number of hydrazone groups is 1. The van der Waals surface area contributed by atoms with Crippen molar-refractivity contribution < 1.29 is 4.79 Å². The van der Waals surface area contributed by atoms with Crippen LogP contribution < -0.4 is 15.9 Å². The molecule has 1 aromatic heterocycles. The average molecular weight is 437 g/mol. The molecule has 2 aliphatic heterocycles. The van der Waals surface area contributed by atoms with Crippen LogP contribution in [0.1, 0.15) is 17.4 Å². The summed E-state index contributed by atoms with van der Waals surface area (Å²) in [6.45, 7) is 1.89. The van der Waals surface area contributed by atoms with E-state index in [9.17, 15) is 4.79 Å². The van der Waals surface area contributed by atoms with Crippen LogP contribution in [0, 0.1) is 6.92 Å². The summed E-state index contributed by atoms with van der Waals surface area (Å²) >= 11 is 8.17. The first-order valence-corrected chi connectivity index (χ1v) is 10.9. The van der Waals surface area contributed by atoms with Gasteiger partial charge in [0.2, 0.25) is 0 Å². The predicted molar refractivity (Wildman–Crippen MR) is 118 cm³/mol. The third-order valence-electron chi connectivity index (χ3n) is 5.02. The molecule has 9 heteroatoms. The van der Waals surface area contributed by atoms with Gasteiger partial charge in [0.1, 0.15) is 10.9 Å². The molecule has 1 N–H and O–H groups in total. The van der Waals surface area contributed by atoms with Crippen molar-refractivity contribution in [3.05, 3.63) is 81.6 Å².